The van der Waals surface area contributed by atoms with Crippen LogP contribution in [0.2, 0.25) is 0 Å². The average Bonchev–Trinajstić information content (AvgIpc) is 2.95. The maximum Gasteiger partial charge on any atom is 0.256 e. The molecule has 0 fully saturated rings. The summed E-state index contributed by atoms with van der Waals surface area (Å²) in [5.41, 5.74) is 5.78. The third kappa shape index (κ3) is 6.81. The van der Waals surface area contributed by atoms with Crippen LogP contribution in [0, 0.1) is 13.8 Å². The topological polar surface area (TPSA) is 84.0 Å². The second-order valence-electron chi connectivity index (χ2n) is 9.22. The number of benzene rings is 2. The van der Waals surface area contributed by atoms with E-state index in [-0.39, 0.29) is 11.8 Å². The van der Waals surface area contributed by atoms with Gasteiger partial charge in [-0.2, -0.15) is 0 Å². The molecule has 4 aromatic rings. The Bertz CT molecular complexity index is 1580. The van der Waals surface area contributed by atoms with Gasteiger partial charge >= 0.3 is 0 Å². The SMILES string of the molecule is C/C=C(/C)S/C(=C\C)CNC(=O)c1ccc(NC(=O)c2cc(-c3ccccn3)nc3c(C)cc(C)cc23)cc1. The van der Waals surface area contributed by atoms with Crippen molar-refractivity contribution in [2.75, 3.05) is 11.9 Å². The number of carbonyl (C=O) groups excluding carboxylic acids is 2. The van der Waals surface area contributed by atoms with Gasteiger partial charge in [0.2, 0.25) is 0 Å². The van der Waals surface area contributed by atoms with Crippen molar-refractivity contribution >= 4 is 40.2 Å². The first-order chi connectivity index (χ1) is 18.8. The number of nitrogens with one attached hydrogen (secondary N) is 2. The van der Waals surface area contributed by atoms with E-state index >= 15 is 0 Å². The Kier molecular flexibility index (Phi) is 8.94. The van der Waals surface area contributed by atoms with E-state index in [9.17, 15) is 9.59 Å². The van der Waals surface area contributed by atoms with Crippen LogP contribution in [0.1, 0.15) is 52.6 Å². The zero-order valence-electron chi connectivity index (χ0n) is 22.8. The van der Waals surface area contributed by atoms with Gasteiger partial charge in [-0.15, -0.1) is 0 Å². The van der Waals surface area contributed by atoms with Crippen molar-refractivity contribution in [3.8, 4) is 11.4 Å². The summed E-state index contributed by atoms with van der Waals surface area (Å²) in [6.45, 7) is 10.4. The molecule has 198 valence electrons. The summed E-state index contributed by atoms with van der Waals surface area (Å²) in [6, 6.07) is 18.3. The van der Waals surface area contributed by atoms with Crippen molar-refractivity contribution in [3.05, 3.63) is 111 Å². The standard InChI is InChI=1S/C32H32N4O2S/c1-6-22(5)39-25(7-2)19-34-31(37)23-11-13-24(14-12-23)35-32(38)27-18-29(28-10-8-9-15-33-28)36-30-21(4)16-20(3)17-26(27)30/h6-18H,19H2,1-5H3,(H,34,37)(H,35,38)/b22-6-,25-7-. The fourth-order valence-electron chi connectivity index (χ4n) is 4.15. The minimum absolute atomic E-state index is 0.169. The molecule has 4 rings (SSSR count). The number of aromatic nitrogens is 2. The Morgan fingerprint density at radius 2 is 1.69 bits per heavy atom. The van der Waals surface area contributed by atoms with Gasteiger partial charge in [0, 0.05) is 34.3 Å². The maximum absolute atomic E-state index is 13.5. The van der Waals surface area contributed by atoms with Crippen molar-refractivity contribution in [2.24, 2.45) is 0 Å². The minimum atomic E-state index is -0.254. The van der Waals surface area contributed by atoms with E-state index < -0.39 is 0 Å². The molecule has 39 heavy (non-hydrogen) atoms. The van der Waals surface area contributed by atoms with Gasteiger partial charge in [-0.1, -0.05) is 41.6 Å². The lowest BCUT2D eigenvalue weighted by molar-refractivity contribution is 0.0957. The lowest BCUT2D eigenvalue weighted by Crippen LogP contribution is -2.25. The molecule has 0 aliphatic rings. The van der Waals surface area contributed by atoms with Crippen LogP contribution >= 0.6 is 11.8 Å². The van der Waals surface area contributed by atoms with Gasteiger partial charge in [0.25, 0.3) is 11.8 Å². The molecular formula is C32H32N4O2S. The Morgan fingerprint density at radius 1 is 0.923 bits per heavy atom. The molecule has 0 saturated heterocycles. The van der Waals surface area contributed by atoms with E-state index in [1.807, 2.05) is 71.0 Å². The first-order valence-corrected chi connectivity index (χ1v) is 13.6. The zero-order valence-corrected chi connectivity index (χ0v) is 23.6. The van der Waals surface area contributed by atoms with Crippen LogP contribution in [-0.4, -0.2) is 28.3 Å². The van der Waals surface area contributed by atoms with Crippen molar-refractivity contribution in [1.82, 2.24) is 15.3 Å². The molecule has 6 nitrogen and oxygen atoms in total. The molecule has 0 aliphatic carbocycles. The number of carbonyl (C=O) groups is 2. The summed E-state index contributed by atoms with van der Waals surface area (Å²) in [4.78, 5) is 37.7. The lowest BCUT2D eigenvalue weighted by Gasteiger charge is -2.13. The highest BCUT2D eigenvalue weighted by Gasteiger charge is 2.17. The normalized spacial score (nSPS) is 11.9. The number of rotatable bonds is 8. The number of nitrogens with zero attached hydrogens (tertiary/aromatic N) is 2. The highest BCUT2D eigenvalue weighted by Crippen LogP contribution is 2.28. The van der Waals surface area contributed by atoms with Crippen LogP contribution in [-0.2, 0) is 0 Å². The summed E-state index contributed by atoms with van der Waals surface area (Å²) in [5.74, 6) is -0.423. The molecule has 0 unspecified atom stereocenters. The molecule has 0 saturated carbocycles. The van der Waals surface area contributed by atoms with Gasteiger partial charge in [0.15, 0.2) is 0 Å². The van der Waals surface area contributed by atoms with Crippen LogP contribution in [0.15, 0.2) is 88.8 Å². The Labute approximate surface area is 233 Å². The quantitative estimate of drug-likeness (QED) is 0.244. The number of pyridine rings is 2. The third-order valence-corrected chi connectivity index (χ3v) is 7.47. The molecule has 0 atom stereocenters. The monoisotopic (exact) mass is 536 g/mol. The largest absolute Gasteiger partial charge is 0.347 e. The average molecular weight is 537 g/mol. The van der Waals surface area contributed by atoms with Crippen molar-refractivity contribution in [1.29, 1.82) is 0 Å². The Hall–Kier alpha value is -4.23. The van der Waals surface area contributed by atoms with E-state index in [1.54, 1.807) is 48.3 Å². The molecule has 2 amide bonds. The maximum atomic E-state index is 13.5. The Balaban J connectivity index is 1.54. The molecule has 0 spiro atoms. The molecule has 0 aliphatic heterocycles. The molecule has 2 aromatic heterocycles. The van der Waals surface area contributed by atoms with Crippen LogP contribution < -0.4 is 10.6 Å². The number of hydrogen-bond acceptors (Lipinski definition) is 5. The molecule has 2 aromatic carbocycles. The van der Waals surface area contributed by atoms with Crippen LogP contribution in [0.3, 0.4) is 0 Å². The zero-order chi connectivity index (χ0) is 27.9. The van der Waals surface area contributed by atoms with Gasteiger partial charge in [-0.25, -0.2) is 4.98 Å². The molecular weight excluding hydrogens is 504 g/mol. The number of allylic oxidation sites excluding steroid dienone is 3. The van der Waals surface area contributed by atoms with Crippen LogP contribution in [0.4, 0.5) is 5.69 Å². The predicted molar refractivity (Wildman–Crippen MR) is 162 cm³/mol. The number of hydrogen-bond donors (Lipinski definition) is 2. The molecule has 2 heterocycles. The second-order valence-corrected chi connectivity index (χ2v) is 10.6. The summed E-state index contributed by atoms with van der Waals surface area (Å²) in [7, 11) is 0. The number of fused-ring (bicyclic) bond motifs is 1. The number of amides is 2. The van der Waals surface area contributed by atoms with E-state index in [4.69, 9.17) is 4.98 Å². The second kappa shape index (κ2) is 12.5. The van der Waals surface area contributed by atoms with E-state index in [0.717, 1.165) is 26.9 Å². The summed E-state index contributed by atoms with van der Waals surface area (Å²) in [6.07, 6.45) is 5.75. The smallest absolute Gasteiger partial charge is 0.256 e. The molecule has 2 N–H and O–H groups in total. The lowest BCUT2D eigenvalue weighted by atomic mass is 10.00. The fourth-order valence-corrected chi connectivity index (χ4v) is 4.94. The van der Waals surface area contributed by atoms with Crippen LogP contribution in [0.5, 0.6) is 0 Å². The molecule has 0 radical (unpaired) electrons. The van der Waals surface area contributed by atoms with Crippen LogP contribution in [0.25, 0.3) is 22.3 Å². The Morgan fingerprint density at radius 3 is 2.36 bits per heavy atom. The minimum Gasteiger partial charge on any atom is -0.347 e. The summed E-state index contributed by atoms with van der Waals surface area (Å²) >= 11 is 1.64. The number of thioether (sulfide) groups is 1. The highest BCUT2D eigenvalue weighted by atomic mass is 32.2. The van der Waals surface area contributed by atoms with E-state index in [0.29, 0.717) is 34.7 Å². The van der Waals surface area contributed by atoms with Crippen molar-refractivity contribution in [2.45, 2.75) is 34.6 Å². The fraction of sp³-hybridized carbons (Fsp3) is 0.188. The third-order valence-electron chi connectivity index (χ3n) is 6.27. The van der Waals surface area contributed by atoms with Gasteiger partial charge in [0.1, 0.15) is 0 Å². The van der Waals surface area contributed by atoms with Gasteiger partial charge < -0.3 is 10.6 Å². The summed E-state index contributed by atoms with van der Waals surface area (Å²) < 4.78 is 0. The molecule has 7 heteroatoms. The van der Waals surface area contributed by atoms with Gasteiger partial charge in [-0.3, -0.25) is 14.6 Å². The van der Waals surface area contributed by atoms with Gasteiger partial charge in [0.05, 0.1) is 22.5 Å². The van der Waals surface area contributed by atoms with Gasteiger partial charge in [-0.05, 0) is 93.6 Å². The summed E-state index contributed by atoms with van der Waals surface area (Å²) in [5, 5.41) is 6.73. The highest BCUT2D eigenvalue weighted by molar-refractivity contribution is 8.06. The first-order valence-electron chi connectivity index (χ1n) is 12.8. The number of anilines is 1. The predicted octanol–water partition coefficient (Wildman–Crippen LogP) is 7.46. The first kappa shape index (κ1) is 27.8. The van der Waals surface area contributed by atoms with Crippen molar-refractivity contribution < 1.29 is 9.59 Å². The molecule has 0 bridgehead atoms. The van der Waals surface area contributed by atoms with E-state index in [2.05, 4.69) is 21.7 Å². The van der Waals surface area contributed by atoms with E-state index in [1.165, 1.54) is 4.91 Å². The van der Waals surface area contributed by atoms with Crippen molar-refractivity contribution in [3.63, 3.8) is 0 Å². The number of aryl methyl sites for hydroxylation is 2.